The maximum atomic E-state index is 10.9. The van der Waals surface area contributed by atoms with E-state index in [1.165, 1.54) is 0 Å². The molecule has 0 spiro atoms. The van der Waals surface area contributed by atoms with Crippen molar-refractivity contribution in [2.24, 2.45) is 5.92 Å². The molecule has 2 aromatic rings. The second-order valence-electron chi connectivity index (χ2n) is 6.58. The lowest BCUT2D eigenvalue weighted by Crippen LogP contribution is -2.27. The van der Waals surface area contributed by atoms with Crippen molar-refractivity contribution >= 4 is 0 Å². The van der Waals surface area contributed by atoms with Gasteiger partial charge in [-0.15, -0.1) is 0 Å². The van der Waals surface area contributed by atoms with Crippen LogP contribution in [0.4, 0.5) is 0 Å². The Labute approximate surface area is 126 Å². The van der Waals surface area contributed by atoms with Gasteiger partial charge >= 0.3 is 0 Å². The summed E-state index contributed by atoms with van der Waals surface area (Å²) in [6, 6.07) is 6.19. The number of hydrogen-bond donors (Lipinski definition) is 1. The molecule has 0 amide bonds. The van der Waals surface area contributed by atoms with Gasteiger partial charge in [-0.3, -0.25) is 0 Å². The van der Waals surface area contributed by atoms with Gasteiger partial charge in [-0.25, -0.2) is 9.67 Å². The predicted molar refractivity (Wildman–Crippen MR) is 84.1 cm³/mol. The molecule has 1 atom stereocenters. The summed E-state index contributed by atoms with van der Waals surface area (Å²) in [5, 5.41) is 15.1. The highest BCUT2D eigenvalue weighted by atomic mass is 16.3. The molecule has 114 valence electrons. The summed E-state index contributed by atoms with van der Waals surface area (Å²) in [6.07, 6.45) is 2.03. The van der Waals surface area contributed by atoms with Crippen LogP contribution in [0.3, 0.4) is 0 Å². The van der Waals surface area contributed by atoms with Gasteiger partial charge in [-0.05, 0) is 32.3 Å². The van der Waals surface area contributed by atoms with E-state index >= 15 is 0 Å². The molecular weight excluding hydrogens is 262 g/mol. The molecule has 2 rings (SSSR count). The van der Waals surface area contributed by atoms with Crippen molar-refractivity contribution in [3.63, 3.8) is 0 Å². The molecule has 4 heteroatoms. The summed E-state index contributed by atoms with van der Waals surface area (Å²) < 4.78 is 1.89. The molecular formula is C17H25N3O. The van der Waals surface area contributed by atoms with Crippen LogP contribution in [0, 0.1) is 19.8 Å². The number of nitrogens with zero attached hydrogens (tertiary/aromatic N) is 3. The summed E-state index contributed by atoms with van der Waals surface area (Å²) in [5.41, 5.74) is 2.31. The number of hydrogen-bond acceptors (Lipinski definition) is 3. The highest BCUT2D eigenvalue weighted by molar-refractivity contribution is 5.32. The van der Waals surface area contributed by atoms with Crippen LogP contribution in [0.25, 0.3) is 0 Å². The zero-order chi connectivity index (χ0) is 15.6. The van der Waals surface area contributed by atoms with Gasteiger partial charge in [0.2, 0.25) is 0 Å². The van der Waals surface area contributed by atoms with E-state index in [0.717, 1.165) is 29.1 Å². The molecule has 0 saturated carbocycles. The minimum atomic E-state index is -0.946. The number of aliphatic hydroxyl groups is 1. The van der Waals surface area contributed by atoms with Crippen molar-refractivity contribution < 1.29 is 5.11 Å². The van der Waals surface area contributed by atoms with Crippen LogP contribution in [-0.4, -0.2) is 19.9 Å². The van der Waals surface area contributed by atoms with Gasteiger partial charge in [0, 0.05) is 13.0 Å². The van der Waals surface area contributed by atoms with Crippen LogP contribution in [-0.2, 0) is 18.6 Å². The molecule has 0 aliphatic rings. The van der Waals surface area contributed by atoms with Crippen molar-refractivity contribution in [2.45, 2.75) is 53.2 Å². The zero-order valence-corrected chi connectivity index (χ0v) is 13.6. The maximum absolute atomic E-state index is 10.9. The van der Waals surface area contributed by atoms with Gasteiger partial charge in [-0.2, -0.15) is 5.10 Å². The average Bonchev–Trinajstić information content (AvgIpc) is 2.73. The van der Waals surface area contributed by atoms with Crippen LogP contribution in [0.2, 0.25) is 0 Å². The molecule has 0 fully saturated rings. The molecule has 1 unspecified atom stereocenters. The van der Waals surface area contributed by atoms with E-state index < -0.39 is 5.60 Å². The number of aryl methyl sites for hydroxylation is 2. The fourth-order valence-corrected chi connectivity index (χ4v) is 2.62. The van der Waals surface area contributed by atoms with Crippen LogP contribution in [0.1, 0.15) is 43.3 Å². The van der Waals surface area contributed by atoms with E-state index in [9.17, 15) is 5.11 Å². The highest BCUT2D eigenvalue weighted by Gasteiger charge is 2.26. The first-order valence-electron chi connectivity index (χ1n) is 7.46. The van der Waals surface area contributed by atoms with Crippen LogP contribution in [0.15, 0.2) is 24.5 Å². The summed E-state index contributed by atoms with van der Waals surface area (Å²) >= 11 is 0. The number of benzene rings is 1. The van der Waals surface area contributed by atoms with Gasteiger partial charge in [0.25, 0.3) is 0 Å². The molecule has 0 aliphatic heterocycles. The van der Waals surface area contributed by atoms with E-state index in [2.05, 4.69) is 30.0 Å². The van der Waals surface area contributed by atoms with Crippen molar-refractivity contribution in [3.8, 4) is 0 Å². The monoisotopic (exact) mass is 287 g/mol. The Balaban J connectivity index is 2.26. The lowest BCUT2D eigenvalue weighted by molar-refractivity contribution is 0.0539. The molecule has 1 aromatic carbocycles. The van der Waals surface area contributed by atoms with Crippen LogP contribution in [0.5, 0.6) is 0 Å². The zero-order valence-electron chi connectivity index (χ0n) is 13.6. The SMILES string of the molecule is Cc1cc(C)cc(C(C)(O)Cc2ncnn2CC(C)C)c1. The fourth-order valence-electron chi connectivity index (χ4n) is 2.62. The second kappa shape index (κ2) is 5.98. The largest absolute Gasteiger partial charge is 0.385 e. The quantitative estimate of drug-likeness (QED) is 0.919. The molecule has 4 nitrogen and oxygen atoms in total. The van der Waals surface area contributed by atoms with Crippen LogP contribution >= 0.6 is 0 Å². The van der Waals surface area contributed by atoms with Crippen molar-refractivity contribution in [1.29, 1.82) is 0 Å². The van der Waals surface area contributed by atoms with E-state index in [1.807, 2.05) is 37.6 Å². The topological polar surface area (TPSA) is 50.9 Å². The molecule has 0 bridgehead atoms. The molecule has 0 aliphatic carbocycles. The van der Waals surface area contributed by atoms with Crippen molar-refractivity contribution in [1.82, 2.24) is 14.8 Å². The van der Waals surface area contributed by atoms with Gasteiger partial charge in [0.1, 0.15) is 12.2 Å². The summed E-state index contributed by atoms with van der Waals surface area (Å²) in [6.45, 7) is 11.1. The first-order valence-corrected chi connectivity index (χ1v) is 7.46. The molecule has 1 aromatic heterocycles. The Kier molecular flexibility index (Phi) is 4.47. The van der Waals surface area contributed by atoms with Gasteiger partial charge in [0.05, 0.1) is 5.60 Å². The molecule has 0 radical (unpaired) electrons. The standard InChI is InChI=1S/C17H25N3O/c1-12(2)10-20-16(18-11-19-20)9-17(5,21)15-7-13(3)6-14(4)8-15/h6-8,11-12,21H,9-10H2,1-5H3. The number of rotatable bonds is 5. The molecule has 1 N–H and O–H groups in total. The Morgan fingerprint density at radius 2 is 1.81 bits per heavy atom. The van der Waals surface area contributed by atoms with Gasteiger partial charge in [0.15, 0.2) is 0 Å². The Morgan fingerprint density at radius 1 is 1.19 bits per heavy atom. The summed E-state index contributed by atoms with van der Waals surface area (Å²) in [4.78, 5) is 4.32. The van der Waals surface area contributed by atoms with E-state index in [4.69, 9.17) is 0 Å². The van der Waals surface area contributed by atoms with E-state index in [0.29, 0.717) is 12.3 Å². The molecule has 0 saturated heterocycles. The smallest absolute Gasteiger partial charge is 0.138 e. The third kappa shape index (κ3) is 3.91. The lowest BCUT2D eigenvalue weighted by atomic mass is 9.90. The van der Waals surface area contributed by atoms with Gasteiger partial charge in [-0.1, -0.05) is 43.2 Å². The fraction of sp³-hybridized carbons (Fsp3) is 0.529. The van der Waals surface area contributed by atoms with Crippen molar-refractivity contribution in [3.05, 3.63) is 47.0 Å². The van der Waals surface area contributed by atoms with Gasteiger partial charge < -0.3 is 5.11 Å². The minimum Gasteiger partial charge on any atom is -0.385 e. The normalized spacial score (nSPS) is 14.4. The highest BCUT2D eigenvalue weighted by Crippen LogP contribution is 2.26. The molecule has 1 heterocycles. The predicted octanol–water partition coefficient (Wildman–Crippen LogP) is 3.00. The summed E-state index contributed by atoms with van der Waals surface area (Å²) in [7, 11) is 0. The Hall–Kier alpha value is -1.68. The second-order valence-corrected chi connectivity index (χ2v) is 6.58. The number of aromatic nitrogens is 3. The molecule has 21 heavy (non-hydrogen) atoms. The maximum Gasteiger partial charge on any atom is 0.138 e. The Bertz CT molecular complexity index is 594. The Morgan fingerprint density at radius 3 is 2.38 bits per heavy atom. The van der Waals surface area contributed by atoms with E-state index in [-0.39, 0.29) is 0 Å². The lowest BCUT2D eigenvalue weighted by Gasteiger charge is -2.25. The first-order chi connectivity index (χ1) is 9.78. The van der Waals surface area contributed by atoms with Crippen molar-refractivity contribution in [2.75, 3.05) is 0 Å². The van der Waals surface area contributed by atoms with Crippen LogP contribution < -0.4 is 0 Å². The average molecular weight is 287 g/mol. The first kappa shape index (κ1) is 15.7. The minimum absolute atomic E-state index is 0.461. The summed E-state index contributed by atoms with van der Waals surface area (Å²) in [5.74, 6) is 1.32. The van der Waals surface area contributed by atoms with E-state index in [1.54, 1.807) is 6.33 Å². The third-order valence-corrected chi connectivity index (χ3v) is 3.58. The third-order valence-electron chi connectivity index (χ3n) is 3.58.